The van der Waals surface area contributed by atoms with E-state index >= 15 is 0 Å². The van der Waals surface area contributed by atoms with E-state index in [1.807, 2.05) is 0 Å². The van der Waals surface area contributed by atoms with Crippen molar-refractivity contribution in [1.82, 2.24) is 4.90 Å². The van der Waals surface area contributed by atoms with Gasteiger partial charge in [-0.25, -0.2) is 0 Å². The monoisotopic (exact) mass is 214 g/mol. The number of rotatable bonds is 3. The van der Waals surface area contributed by atoms with Crippen molar-refractivity contribution in [3.8, 4) is 0 Å². The van der Waals surface area contributed by atoms with Crippen molar-refractivity contribution >= 4 is 0 Å². The zero-order chi connectivity index (χ0) is 11.5. The fourth-order valence-electron chi connectivity index (χ4n) is 1.86. The Kier molecular flexibility index (Phi) is 4.56. The van der Waals surface area contributed by atoms with E-state index in [-0.39, 0.29) is 12.1 Å². The summed E-state index contributed by atoms with van der Waals surface area (Å²) in [7, 11) is 2.13. The molecule has 2 unspecified atom stereocenters. The molecular weight excluding hydrogens is 188 g/mol. The number of likely N-dealkylation sites (N-methyl/N-ethyl adjacent to an activating group) is 1. The van der Waals surface area contributed by atoms with Crippen LogP contribution in [0, 0.1) is 5.41 Å². The molecule has 2 atom stereocenters. The van der Waals surface area contributed by atoms with Crippen LogP contribution in [0.3, 0.4) is 0 Å². The Morgan fingerprint density at radius 1 is 1.47 bits per heavy atom. The molecule has 0 aliphatic carbocycles. The minimum Gasteiger partial charge on any atom is -0.374 e. The normalized spacial score (nSPS) is 26.6. The lowest BCUT2D eigenvalue weighted by Crippen LogP contribution is -2.49. The highest BCUT2D eigenvalue weighted by molar-refractivity contribution is 4.80. The second-order valence-electron chi connectivity index (χ2n) is 5.93. The molecule has 0 aromatic rings. The molecule has 0 bridgehead atoms. The molecule has 1 rings (SSSR count). The van der Waals surface area contributed by atoms with E-state index in [2.05, 4.69) is 32.7 Å². The van der Waals surface area contributed by atoms with Crippen molar-refractivity contribution in [2.45, 2.75) is 45.8 Å². The molecule has 0 radical (unpaired) electrons. The Balaban J connectivity index is 2.29. The van der Waals surface area contributed by atoms with Crippen LogP contribution in [0.5, 0.6) is 0 Å². The molecule has 90 valence electrons. The van der Waals surface area contributed by atoms with Gasteiger partial charge in [0.15, 0.2) is 0 Å². The maximum atomic E-state index is 6.17. The minimum absolute atomic E-state index is 0.187. The molecule has 0 amide bonds. The van der Waals surface area contributed by atoms with E-state index < -0.39 is 0 Å². The largest absolute Gasteiger partial charge is 0.374 e. The average molecular weight is 214 g/mol. The fourth-order valence-corrected chi connectivity index (χ4v) is 1.86. The van der Waals surface area contributed by atoms with Gasteiger partial charge in [-0.05, 0) is 25.3 Å². The van der Waals surface area contributed by atoms with Crippen LogP contribution in [0.15, 0.2) is 0 Å². The van der Waals surface area contributed by atoms with Crippen LogP contribution in [0.2, 0.25) is 0 Å². The standard InChI is InChI=1S/C12H26N2O/c1-12(2,3)6-5-10(13)11-9-14(4)7-8-15-11/h10-11H,5-9,13H2,1-4H3. The molecule has 0 aromatic carbocycles. The summed E-state index contributed by atoms with van der Waals surface area (Å²) in [6.07, 6.45) is 2.45. The van der Waals surface area contributed by atoms with Crippen LogP contribution in [0.1, 0.15) is 33.6 Å². The van der Waals surface area contributed by atoms with Crippen LogP contribution < -0.4 is 5.73 Å². The van der Waals surface area contributed by atoms with Gasteiger partial charge < -0.3 is 15.4 Å². The summed E-state index contributed by atoms with van der Waals surface area (Å²) in [5.41, 5.74) is 6.54. The fraction of sp³-hybridized carbons (Fsp3) is 1.00. The molecule has 1 aliphatic rings. The Morgan fingerprint density at radius 2 is 2.13 bits per heavy atom. The third kappa shape index (κ3) is 4.96. The first-order valence-electron chi connectivity index (χ1n) is 5.94. The summed E-state index contributed by atoms with van der Waals surface area (Å²) in [5, 5.41) is 0. The highest BCUT2D eigenvalue weighted by Gasteiger charge is 2.25. The highest BCUT2D eigenvalue weighted by Crippen LogP contribution is 2.22. The summed E-state index contributed by atoms with van der Waals surface area (Å²) in [5.74, 6) is 0. The molecule has 1 heterocycles. The molecule has 0 aromatic heterocycles. The highest BCUT2D eigenvalue weighted by atomic mass is 16.5. The molecule has 1 saturated heterocycles. The van der Waals surface area contributed by atoms with Gasteiger partial charge in [-0.2, -0.15) is 0 Å². The summed E-state index contributed by atoms with van der Waals surface area (Å²) in [6, 6.07) is 0.187. The lowest BCUT2D eigenvalue weighted by atomic mass is 9.87. The van der Waals surface area contributed by atoms with Crippen molar-refractivity contribution < 1.29 is 4.74 Å². The Bertz CT molecular complexity index is 189. The quantitative estimate of drug-likeness (QED) is 0.773. The molecule has 3 nitrogen and oxygen atoms in total. The molecule has 0 saturated carbocycles. The molecular formula is C12H26N2O. The van der Waals surface area contributed by atoms with E-state index in [0.29, 0.717) is 5.41 Å². The Labute approximate surface area is 94.0 Å². The number of morpholine rings is 1. The molecule has 15 heavy (non-hydrogen) atoms. The topological polar surface area (TPSA) is 38.5 Å². The van der Waals surface area contributed by atoms with Crippen LogP contribution in [-0.2, 0) is 4.74 Å². The second kappa shape index (κ2) is 5.28. The first-order chi connectivity index (χ1) is 6.88. The van der Waals surface area contributed by atoms with E-state index in [1.54, 1.807) is 0 Å². The van der Waals surface area contributed by atoms with Gasteiger partial charge in [-0.3, -0.25) is 0 Å². The maximum absolute atomic E-state index is 6.17. The number of hydrogen-bond donors (Lipinski definition) is 1. The molecule has 1 aliphatic heterocycles. The summed E-state index contributed by atoms with van der Waals surface area (Å²) >= 11 is 0. The van der Waals surface area contributed by atoms with Gasteiger partial charge in [0.25, 0.3) is 0 Å². The van der Waals surface area contributed by atoms with Gasteiger partial charge in [0.05, 0.1) is 12.7 Å². The number of ether oxygens (including phenoxy) is 1. The van der Waals surface area contributed by atoms with E-state index in [1.165, 1.54) is 0 Å². The molecule has 1 fully saturated rings. The van der Waals surface area contributed by atoms with Crippen LogP contribution in [0.4, 0.5) is 0 Å². The summed E-state index contributed by atoms with van der Waals surface area (Å²) in [4.78, 5) is 2.30. The van der Waals surface area contributed by atoms with Crippen molar-refractivity contribution in [1.29, 1.82) is 0 Å². The SMILES string of the molecule is CN1CCOC(C(N)CCC(C)(C)C)C1. The van der Waals surface area contributed by atoms with Gasteiger partial charge in [-0.15, -0.1) is 0 Å². The zero-order valence-electron chi connectivity index (χ0n) is 10.6. The third-order valence-electron chi connectivity index (χ3n) is 3.00. The van der Waals surface area contributed by atoms with Gasteiger partial charge in [0.2, 0.25) is 0 Å². The first kappa shape index (κ1) is 12.9. The van der Waals surface area contributed by atoms with E-state index in [0.717, 1.165) is 32.5 Å². The van der Waals surface area contributed by atoms with Crippen molar-refractivity contribution in [2.24, 2.45) is 11.1 Å². The van der Waals surface area contributed by atoms with Crippen molar-refractivity contribution in [3.05, 3.63) is 0 Å². The Morgan fingerprint density at radius 3 is 2.67 bits per heavy atom. The van der Waals surface area contributed by atoms with Crippen molar-refractivity contribution in [2.75, 3.05) is 26.7 Å². The minimum atomic E-state index is 0.187. The lowest BCUT2D eigenvalue weighted by molar-refractivity contribution is -0.0345. The Hall–Kier alpha value is -0.120. The summed E-state index contributed by atoms with van der Waals surface area (Å²) in [6.45, 7) is 9.60. The molecule has 0 spiro atoms. The molecule has 3 heteroatoms. The van der Waals surface area contributed by atoms with E-state index in [4.69, 9.17) is 10.5 Å². The smallest absolute Gasteiger partial charge is 0.0853 e. The zero-order valence-corrected chi connectivity index (χ0v) is 10.6. The van der Waals surface area contributed by atoms with Crippen LogP contribution >= 0.6 is 0 Å². The van der Waals surface area contributed by atoms with Gasteiger partial charge in [-0.1, -0.05) is 20.8 Å². The van der Waals surface area contributed by atoms with Gasteiger partial charge >= 0.3 is 0 Å². The second-order valence-corrected chi connectivity index (χ2v) is 5.93. The summed E-state index contributed by atoms with van der Waals surface area (Å²) < 4.78 is 5.71. The lowest BCUT2D eigenvalue weighted by Gasteiger charge is -2.34. The predicted octanol–water partition coefficient (Wildman–Crippen LogP) is 1.47. The number of hydrogen-bond acceptors (Lipinski definition) is 3. The van der Waals surface area contributed by atoms with Crippen LogP contribution in [0.25, 0.3) is 0 Å². The molecule has 2 N–H and O–H groups in total. The average Bonchev–Trinajstić information content (AvgIpc) is 2.13. The third-order valence-corrected chi connectivity index (χ3v) is 3.00. The van der Waals surface area contributed by atoms with Crippen LogP contribution in [-0.4, -0.2) is 43.8 Å². The number of nitrogens with zero attached hydrogens (tertiary/aromatic N) is 1. The first-order valence-corrected chi connectivity index (χ1v) is 5.94. The van der Waals surface area contributed by atoms with Gasteiger partial charge in [0.1, 0.15) is 0 Å². The number of nitrogens with two attached hydrogens (primary N) is 1. The van der Waals surface area contributed by atoms with E-state index in [9.17, 15) is 0 Å². The van der Waals surface area contributed by atoms with Crippen molar-refractivity contribution in [3.63, 3.8) is 0 Å². The maximum Gasteiger partial charge on any atom is 0.0853 e. The predicted molar refractivity (Wildman–Crippen MR) is 63.9 cm³/mol. The van der Waals surface area contributed by atoms with Gasteiger partial charge in [0, 0.05) is 19.1 Å².